The lowest BCUT2D eigenvalue weighted by Gasteiger charge is -2.14. The predicted octanol–water partition coefficient (Wildman–Crippen LogP) is 9.77. The van der Waals surface area contributed by atoms with Crippen molar-refractivity contribution in [1.82, 2.24) is 15.0 Å². The van der Waals surface area contributed by atoms with E-state index in [1.807, 2.05) is 0 Å². The van der Waals surface area contributed by atoms with E-state index in [4.69, 9.17) is 19.4 Å². The zero-order valence-electron chi connectivity index (χ0n) is 23.8. The van der Waals surface area contributed by atoms with Gasteiger partial charge in [0, 0.05) is 38.6 Å². The molecule has 7 aromatic rings. The first-order valence-electron chi connectivity index (χ1n) is 13.9. The molecule has 0 bridgehead atoms. The van der Waals surface area contributed by atoms with Crippen LogP contribution in [0, 0.1) is 27.7 Å². The second-order valence-electron chi connectivity index (χ2n) is 11.3. The van der Waals surface area contributed by atoms with E-state index < -0.39 is 0 Å². The van der Waals surface area contributed by atoms with Gasteiger partial charge < -0.3 is 4.42 Å². The Hall–Kier alpha value is -4.57. The van der Waals surface area contributed by atoms with E-state index in [9.17, 15) is 0 Å². The van der Waals surface area contributed by atoms with Crippen LogP contribution in [0.25, 0.3) is 66.3 Å². The Labute approximate surface area is 233 Å². The molecule has 0 atom stereocenters. The molecule has 0 saturated carbocycles. The highest BCUT2D eigenvalue weighted by Crippen LogP contribution is 2.40. The number of aromatic nitrogens is 3. The molecule has 4 aromatic carbocycles. The fourth-order valence-corrected chi connectivity index (χ4v) is 6.15. The van der Waals surface area contributed by atoms with E-state index in [2.05, 4.69) is 114 Å². The van der Waals surface area contributed by atoms with Crippen molar-refractivity contribution in [2.75, 3.05) is 0 Å². The first kappa shape index (κ1) is 24.5. The van der Waals surface area contributed by atoms with E-state index in [0.29, 0.717) is 5.71 Å². The van der Waals surface area contributed by atoms with Crippen LogP contribution in [0.5, 0.6) is 0 Å². The summed E-state index contributed by atoms with van der Waals surface area (Å²) in [6, 6.07) is 25.7. The second-order valence-corrected chi connectivity index (χ2v) is 11.3. The summed E-state index contributed by atoms with van der Waals surface area (Å²) >= 11 is 0. The molecule has 0 radical (unpaired) electrons. The van der Waals surface area contributed by atoms with Gasteiger partial charge in [0.1, 0.15) is 11.4 Å². The fourth-order valence-electron chi connectivity index (χ4n) is 6.15. The minimum atomic E-state index is 0.181. The molecule has 0 aliphatic carbocycles. The number of rotatable bonds is 3. The SMILES string of the molecule is Cc1cc(C)c2c(ccc3c(-c4cccc5c4oc4nc(-c6c(C)cccc6C)ccc45)nc(C(C)C)nc32)c1. The molecule has 3 heterocycles. The minimum absolute atomic E-state index is 0.181. The first-order valence-corrected chi connectivity index (χ1v) is 13.9. The maximum atomic E-state index is 6.58. The molecule has 0 unspecified atom stereocenters. The van der Waals surface area contributed by atoms with Gasteiger partial charge in [-0.3, -0.25) is 0 Å². The molecule has 7 rings (SSSR count). The number of hydrogen-bond donors (Lipinski definition) is 0. The maximum absolute atomic E-state index is 6.58. The molecule has 0 N–H and O–H groups in total. The summed E-state index contributed by atoms with van der Waals surface area (Å²) in [6.07, 6.45) is 0. The molecule has 0 amide bonds. The molecule has 4 heteroatoms. The van der Waals surface area contributed by atoms with Gasteiger partial charge in [-0.25, -0.2) is 15.0 Å². The number of benzene rings is 4. The van der Waals surface area contributed by atoms with Gasteiger partial charge in [-0.2, -0.15) is 0 Å². The van der Waals surface area contributed by atoms with Gasteiger partial charge >= 0.3 is 0 Å². The van der Waals surface area contributed by atoms with E-state index in [1.165, 1.54) is 33.0 Å². The van der Waals surface area contributed by atoms with Gasteiger partial charge in [0.25, 0.3) is 0 Å². The summed E-state index contributed by atoms with van der Waals surface area (Å²) in [7, 11) is 0. The number of hydrogen-bond acceptors (Lipinski definition) is 4. The molecule has 0 aliphatic rings. The Kier molecular flexibility index (Phi) is 5.50. The van der Waals surface area contributed by atoms with Gasteiger partial charge in [-0.15, -0.1) is 0 Å². The summed E-state index contributed by atoms with van der Waals surface area (Å²) in [5, 5.41) is 5.46. The number of furan rings is 1. The second kappa shape index (κ2) is 8.99. The van der Waals surface area contributed by atoms with E-state index >= 15 is 0 Å². The smallest absolute Gasteiger partial charge is 0.227 e. The van der Waals surface area contributed by atoms with Gasteiger partial charge in [0.2, 0.25) is 5.71 Å². The zero-order chi connectivity index (χ0) is 27.7. The Morgan fingerprint density at radius 3 is 2.20 bits per heavy atom. The van der Waals surface area contributed by atoms with E-state index in [1.54, 1.807) is 0 Å². The maximum Gasteiger partial charge on any atom is 0.227 e. The topological polar surface area (TPSA) is 51.8 Å². The van der Waals surface area contributed by atoms with Crippen LogP contribution in [0.1, 0.15) is 47.8 Å². The lowest BCUT2D eigenvalue weighted by atomic mass is 9.96. The molecule has 0 saturated heterocycles. The highest BCUT2D eigenvalue weighted by Gasteiger charge is 2.20. The third kappa shape index (κ3) is 3.70. The molecule has 0 aliphatic heterocycles. The Morgan fingerprint density at radius 1 is 0.675 bits per heavy atom. The van der Waals surface area contributed by atoms with Gasteiger partial charge in [-0.05, 0) is 74.0 Å². The van der Waals surface area contributed by atoms with Crippen molar-refractivity contribution in [1.29, 1.82) is 0 Å². The molecule has 40 heavy (non-hydrogen) atoms. The summed E-state index contributed by atoms with van der Waals surface area (Å²) in [6.45, 7) is 12.9. The molecular formula is C36H31N3O. The Morgan fingerprint density at radius 2 is 1.43 bits per heavy atom. The van der Waals surface area contributed by atoms with Crippen LogP contribution in [-0.2, 0) is 0 Å². The normalized spacial score (nSPS) is 12.0. The third-order valence-electron chi connectivity index (χ3n) is 8.01. The van der Waals surface area contributed by atoms with Crippen LogP contribution < -0.4 is 0 Å². The van der Waals surface area contributed by atoms with Gasteiger partial charge in [0.05, 0.1) is 16.9 Å². The zero-order valence-corrected chi connectivity index (χ0v) is 23.8. The number of aryl methyl sites for hydroxylation is 4. The minimum Gasteiger partial charge on any atom is -0.437 e. The summed E-state index contributed by atoms with van der Waals surface area (Å²) in [5.41, 5.74) is 11.3. The van der Waals surface area contributed by atoms with Crippen molar-refractivity contribution in [3.63, 3.8) is 0 Å². The quantitative estimate of drug-likeness (QED) is 0.217. The number of pyridine rings is 1. The largest absolute Gasteiger partial charge is 0.437 e. The highest BCUT2D eigenvalue weighted by atomic mass is 16.3. The lowest BCUT2D eigenvalue weighted by molar-refractivity contribution is 0.655. The highest BCUT2D eigenvalue weighted by molar-refractivity contribution is 6.14. The number of para-hydroxylation sites is 1. The van der Waals surface area contributed by atoms with Gasteiger partial charge in [-0.1, -0.05) is 67.9 Å². The summed E-state index contributed by atoms with van der Waals surface area (Å²) < 4.78 is 6.58. The van der Waals surface area contributed by atoms with Crippen molar-refractivity contribution in [3.8, 4) is 22.5 Å². The van der Waals surface area contributed by atoms with E-state index in [0.717, 1.165) is 55.6 Å². The first-order chi connectivity index (χ1) is 19.3. The van der Waals surface area contributed by atoms with Crippen molar-refractivity contribution in [2.24, 2.45) is 0 Å². The average Bonchev–Trinajstić information content (AvgIpc) is 3.30. The van der Waals surface area contributed by atoms with Crippen molar-refractivity contribution < 1.29 is 4.42 Å². The molecule has 0 spiro atoms. The molecule has 0 fully saturated rings. The lowest BCUT2D eigenvalue weighted by Crippen LogP contribution is -2.02. The van der Waals surface area contributed by atoms with Crippen LogP contribution in [-0.4, -0.2) is 15.0 Å². The Bertz CT molecular complexity index is 2110. The van der Waals surface area contributed by atoms with Crippen molar-refractivity contribution in [2.45, 2.75) is 47.5 Å². The van der Waals surface area contributed by atoms with Crippen LogP contribution in [0.15, 0.2) is 77.2 Å². The fraction of sp³-hybridized carbons (Fsp3) is 0.194. The van der Waals surface area contributed by atoms with Crippen LogP contribution in [0.3, 0.4) is 0 Å². The number of nitrogens with zero attached hydrogens (tertiary/aromatic N) is 3. The molecular weight excluding hydrogens is 490 g/mol. The summed E-state index contributed by atoms with van der Waals surface area (Å²) in [4.78, 5) is 15.3. The molecule has 4 nitrogen and oxygen atoms in total. The van der Waals surface area contributed by atoms with Crippen molar-refractivity contribution in [3.05, 3.63) is 101 Å². The van der Waals surface area contributed by atoms with Crippen LogP contribution in [0.2, 0.25) is 0 Å². The Balaban J connectivity index is 1.53. The van der Waals surface area contributed by atoms with Crippen molar-refractivity contribution >= 4 is 43.7 Å². The third-order valence-corrected chi connectivity index (χ3v) is 8.01. The predicted molar refractivity (Wildman–Crippen MR) is 166 cm³/mol. The standard InChI is InChI=1S/C36H31N3O/c1-19(2)35-38-32(27-14-13-24-18-20(3)17-23(6)31(24)33(27)39-35)28-12-8-11-25-26-15-16-29(37-36(26)40-34(25)28)30-21(4)9-7-10-22(30)5/h7-19H,1-6H3. The molecule has 196 valence electrons. The van der Waals surface area contributed by atoms with Gasteiger partial charge in [0.15, 0.2) is 0 Å². The molecule has 3 aromatic heterocycles. The average molecular weight is 522 g/mol. The van der Waals surface area contributed by atoms with E-state index in [-0.39, 0.29) is 5.92 Å². The monoisotopic (exact) mass is 521 g/mol. The van der Waals surface area contributed by atoms with Crippen LogP contribution >= 0.6 is 0 Å². The number of fused-ring (bicyclic) bond motifs is 6. The van der Waals surface area contributed by atoms with Crippen LogP contribution in [0.4, 0.5) is 0 Å². The summed E-state index contributed by atoms with van der Waals surface area (Å²) in [5.74, 6) is 1.01.